The number of carbonyl (C=O) groups excluding carboxylic acids is 1. The average molecular weight is 402 g/mol. The topological polar surface area (TPSA) is 80.5 Å². The van der Waals surface area contributed by atoms with Gasteiger partial charge in [-0.2, -0.15) is 5.10 Å². The number of hydrazone groups is 1. The smallest absolute Gasteiger partial charge is 0.283 e. The van der Waals surface area contributed by atoms with Crippen LogP contribution in [0.2, 0.25) is 0 Å². The number of hydrogen-bond acceptors (Lipinski definition) is 5. The first-order valence-corrected chi connectivity index (χ1v) is 10.7. The number of carbonyl (C=O) groups is 1. The molecular formula is C19H19N3O3S2. The van der Waals surface area contributed by atoms with Gasteiger partial charge in [-0.15, -0.1) is 11.3 Å². The minimum Gasteiger partial charge on any atom is -0.321 e. The van der Waals surface area contributed by atoms with E-state index in [1.807, 2.05) is 30.3 Å². The third-order valence-corrected chi connectivity index (χ3v) is 7.19. The van der Waals surface area contributed by atoms with Crippen LogP contribution in [0.5, 0.6) is 0 Å². The lowest BCUT2D eigenvalue weighted by Crippen LogP contribution is -2.20. The molecule has 27 heavy (non-hydrogen) atoms. The van der Waals surface area contributed by atoms with Crippen molar-refractivity contribution in [2.45, 2.75) is 24.0 Å². The number of aromatic nitrogens is 1. The molecule has 3 aromatic rings. The Labute approximate surface area is 162 Å². The van der Waals surface area contributed by atoms with Gasteiger partial charge in [0, 0.05) is 17.8 Å². The fourth-order valence-electron chi connectivity index (χ4n) is 2.44. The Balaban J connectivity index is 1.95. The van der Waals surface area contributed by atoms with E-state index in [1.54, 1.807) is 42.9 Å². The first-order valence-electron chi connectivity index (χ1n) is 8.28. The highest BCUT2D eigenvalue weighted by molar-refractivity contribution is 7.92. The third kappa shape index (κ3) is 4.01. The molecule has 0 aliphatic carbocycles. The van der Waals surface area contributed by atoms with E-state index < -0.39 is 21.0 Å². The average Bonchev–Trinajstić information content (AvgIpc) is 3.31. The molecule has 2 aromatic heterocycles. The summed E-state index contributed by atoms with van der Waals surface area (Å²) in [5.41, 5.74) is 3.67. The molecule has 1 N–H and O–H groups in total. The standard InChI is InChI=1S/C19H19N3O3S2/c1-14(2)27(24,25)16-13-26-18(17(16)22-10-6-7-11-22)19(23)21-20-12-15-8-4-3-5-9-15/h3-14H,1-2H3,(H,21,23)/b20-12-. The van der Waals surface area contributed by atoms with E-state index in [-0.39, 0.29) is 9.77 Å². The van der Waals surface area contributed by atoms with Crippen molar-refractivity contribution in [1.29, 1.82) is 0 Å². The van der Waals surface area contributed by atoms with Crippen LogP contribution in [0.3, 0.4) is 0 Å². The molecule has 0 unspecified atom stereocenters. The molecule has 0 aliphatic rings. The molecule has 8 heteroatoms. The lowest BCUT2D eigenvalue weighted by atomic mass is 10.2. The van der Waals surface area contributed by atoms with Crippen LogP contribution in [0.4, 0.5) is 0 Å². The van der Waals surface area contributed by atoms with Gasteiger partial charge < -0.3 is 4.57 Å². The fourth-order valence-corrected chi connectivity index (χ4v) is 4.98. The van der Waals surface area contributed by atoms with Crippen molar-refractivity contribution in [3.8, 4) is 5.69 Å². The van der Waals surface area contributed by atoms with Crippen LogP contribution < -0.4 is 5.43 Å². The van der Waals surface area contributed by atoms with Crippen LogP contribution >= 0.6 is 11.3 Å². The fraction of sp³-hybridized carbons (Fsp3) is 0.158. The number of sulfone groups is 1. The van der Waals surface area contributed by atoms with Crippen LogP contribution in [0.1, 0.15) is 29.1 Å². The molecule has 1 aromatic carbocycles. The molecule has 3 rings (SSSR count). The maximum absolute atomic E-state index is 12.7. The Kier molecular flexibility index (Phi) is 5.57. The number of benzene rings is 1. The van der Waals surface area contributed by atoms with E-state index in [4.69, 9.17) is 0 Å². The number of amides is 1. The second-order valence-corrected chi connectivity index (χ2v) is 9.42. The van der Waals surface area contributed by atoms with Gasteiger partial charge in [-0.1, -0.05) is 30.3 Å². The second kappa shape index (κ2) is 7.89. The number of hydrogen-bond donors (Lipinski definition) is 1. The van der Waals surface area contributed by atoms with Crippen LogP contribution in [0.15, 0.2) is 70.2 Å². The Hall–Kier alpha value is -2.71. The van der Waals surface area contributed by atoms with E-state index in [2.05, 4.69) is 10.5 Å². The first kappa shape index (κ1) is 19.1. The second-order valence-electron chi connectivity index (χ2n) is 6.07. The molecule has 1 amide bonds. The molecule has 0 spiro atoms. The predicted octanol–water partition coefficient (Wildman–Crippen LogP) is 3.48. The number of rotatable bonds is 6. The summed E-state index contributed by atoms with van der Waals surface area (Å²) < 4.78 is 27.1. The molecule has 140 valence electrons. The molecule has 0 atom stereocenters. The van der Waals surface area contributed by atoms with Crippen LogP contribution in [-0.4, -0.2) is 30.4 Å². The normalized spacial score (nSPS) is 12.0. The monoisotopic (exact) mass is 401 g/mol. The Bertz CT molecular complexity index is 1050. The van der Waals surface area contributed by atoms with Gasteiger partial charge in [0.1, 0.15) is 9.77 Å². The third-order valence-electron chi connectivity index (χ3n) is 3.91. The van der Waals surface area contributed by atoms with E-state index in [1.165, 1.54) is 11.6 Å². The van der Waals surface area contributed by atoms with E-state index in [0.717, 1.165) is 16.9 Å². The highest BCUT2D eigenvalue weighted by Crippen LogP contribution is 2.32. The lowest BCUT2D eigenvalue weighted by Gasteiger charge is -2.11. The molecule has 0 aliphatic heterocycles. The number of thiophene rings is 1. The van der Waals surface area contributed by atoms with Crippen LogP contribution in [0.25, 0.3) is 5.69 Å². The summed E-state index contributed by atoms with van der Waals surface area (Å²) in [7, 11) is -3.54. The Morgan fingerprint density at radius 1 is 1.15 bits per heavy atom. The van der Waals surface area contributed by atoms with Gasteiger partial charge in [0.05, 0.1) is 17.2 Å². The maximum Gasteiger partial charge on any atom is 0.283 e. The predicted molar refractivity (Wildman–Crippen MR) is 107 cm³/mol. The van der Waals surface area contributed by atoms with Gasteiger partial charge in [0.2, 0.25) is 0 Å². The van der Waals surface area contributed by atoms with Crippen molar-refractivity contribution < 1.29 is 13.2 Å². The minimum absolute atomic E-state index is 0.149. The van der Waals surface area contributed by atoms with Crippen molar-refractivity contribution in [2.24, 2.45) is 5.10 Å². The Morgan fingerprint density at radius 2 is 1.81 bits per heavy atom. The highest BCUT2D eigenvalue weighted by Gasteiger charge is 2.29. The maximum atomic E-state index is 12.7. The van der Waals surface area contributed by atoms with Crippen molar-refractivity contribution in [2.75, 3.05) is 0 Å². The molecule has 6 nitrogen and oxygen atoms in total. The summed E-state index contributed by atoms with van der Waals surface area (Å²) in [5.74, 6) is -0.457. The first-order chi connectivity index (χ1) is 12.9. The van der Waals surface area contributed by atoms with Crippen LogP contribution in [-0.2, 0) is 9.84 Å². The van der Waals surface area contributed by atoms with Gasteiger partial charge >= 0.3 is 0 Å². The summed E-state index contributed by atoms with van der Waals surface area (Å²) in [4.78, 5) is 13.1. The number of nitrogens with one attached hydrogen (secondary N) is 1. The van der Waals surface area contributed by atoms with Gasteiger partial charge in [0.25, 0.3) is 5.91 Å². The molecule has 0 saturated carbocycles. The van der Waals surface area contributed by atoms with Crippen molar-refractivity contribution in [1.82, 2.24) is 9.99 Å². The summed E-state index contributed by atoms with van der Waals surface area (Å²) in [6.07, 6.45) is 4.96. The largest absolute Gasteiger partial charge is 0.321 e. The summed E-state index contributed by atoms with van der Waals surface area (Å²) >= 11 is 1.09. The summed E-state index contributed by atoms with van der Waals surface area (Å²) in [6, 6.07) is 12.9. The zero-order valence-electron chi connectivity index (χ0n) is 14.9. The zero-order chi connectivity index (χ0) is 19.4. The summed E-state index contributed by atoms with van der Waals surface area (Å²) in [6.45, 7) is 3.24. The van der Waals surface area contributed by atoms with Gasteiger partial charge in [0.15, 0.2) is 9.84 Å². The molecule has 2 heterocycles. The number of nitrogens with zero attached hydrogens (tertiary/aromatic N) is 2. The van der Waals surface area contributed by atoms with Gasteiger partial charge in [-0.3, -0.25) is 4.79 Å². The van der Waals surface area contributed by atoms with Gasteiger partial charge in [-0.25, -0.2) is 13.8 Å². The summed E-state index contributed by atoms with van der Waals surface area (Å²) in [5, 5.41) is 4.90. The molecule has 0 saturated heterocycles. The molecule has 0 radical (unpaired) electrons. The minimum atomic E-state index is -3.54. The zero-order valence-corrected chi connectivity index (χ0v) is 16.5. The Morgan fingerprint density at radius 3 is 2.44 bits per heavy atom. The van der Waals surface area contributed by atoms with E-state index >= 15 is 0 Å². The quantitative estimate of drug-likeness (QED) is 0.507. The van der Waals surface area contributed by atoms with Crippen molar-refractivity contribution >= 4 is 33.3 Å². The highest BCUT2D eigenvalue weighted by atomic mass is 32.2. The SMILES string of the molecule is CC(C)S(=O)(=O)c1csc(C(=O)N/N=C\c2ccccc2)c1-n1cccc1. The molecule has 0 fully saturated rings. The van der Waals surface area contributed by atoms with E-state index in [9.17, 15) is 13.2 Å². The van der Waals surface area contributed by atoms with Crippen LogP contribution in [0, 0.1) is 0 Å². The lowest BCUT2D eigenvalue weighted by molar-refractivity contribution is 0.0959. The van der Waals surface area contributed by atoms with Gasteiger partial charge in [-0.05, 0) is 31.5 Å². The van der Waals surface area contributed by atoms with E-state index in [0.29, 0.717) is 5.69 Å². The van der Waals surface area contributed by atoms with Crippen molar-refractivity contribution in [3.05, 3.63) is 70.7 Å². The molecule has 0 bridgehead atoms. The van der Waals surface area contributed by atoms with Crippen molar-refractivity contribution in [3.63, 3.8) is 0 Å². The molecular weight excluding hydrogens is 382 g/mol.